The van der Waals surface area contributed by atoms with Crippen molar-refractivity contribution in [2.75, 3.05) is 26.2 Å². The predicted molar refractivity (Wildman–Crippen MR) is 65.3 cm³/mol. The SMILES string of the molecule is CC(NC(=O)C(C)(C)N)C(=O)N1CCNCC1. The lowest BCUT2D eigenvalue weighted by atomic mass is 10.1. The fraction of sp³-hybridized carbons (Fsp3) is 0.818. The van der Waals surface area contributed by atoms with Gasteiger partial charge < -0.3 is 21.3 Å². The molecule has 1 heterocycles. The van der Waals surface area contributed by atoms with E-state index in [1.165, 1.54) is 0 Å². The van der Waals surface area contributed by atoms with Crippen LogP contribution in [0.15, 0.2) is 0 Å². The Morgan fingerprint density at radius 1 is 1.35 bits per heavy atom. The topological polar surface area (TPSA) is 87.5 Å². The third kappa shape index (κ3) is 3.98. The van der Waals surface area contributed by atoms with E-state index in [2.05, 4.69) is 10.6 Å². The molecule has 4 N–H and O–H groups in total. The molecule has 1 unspecified atom stereocenters. The van der Waals surface area contributed by atoms with Crippen molar-refractivity contribution in [2.24, 2.45) is 5.73 Å². The van der Waals surface area contributed by atoms with Crippen LogP contribution in [0.2, 0.25) is 0 Å². The summed E-state index contributed by atoms with van der Waals surface area (Å²) in [5.41, 5.74) is 4.70. The van der Waals surface area contributed by atoms with Gasteiger partial charge in [-0.05, 0) is 20.8 Å². The smallest absolute Gasteiger partial charge is 0.244 e. The minimum Gasteiger partial charge on any atom is -0.343 e. The minimum atomic E-state index is -0.960. The quantitative estimate of drug-likeness (QED) is 0.571. The number of nitrogens with one attached hydrogen (secondary N) is 2. The molecule has 17 heavy (non-hydrogen) atoms. The number of carbonyl (C=O) groups excluding carboxylic acids is 2. The van der Waals surface area contributed by atoms with Crippen molar-refractivity contribution >= 4 is 11.8 Å². The van der Waals surface area contributed by atoms with Gasteiger partial charge in [0, 0.05) is 26.2 Å². The maximum Gasteiger partial charge on any atom is 0.244 e. The number of hydrogen-bond acceptors (Lipinski definition) is 4. The molecule has 1 aliphatic heterocycles. The number of rotatable bonds is 3. The second kappa shape index (κ2) is 5.46. The third-order valence-electron chi connectivity index (χ3n) is 2.73. The molecule has 0 bridgehead atoms. The van der Waals surface area contributed by atoms with E-state index in [1.54, 1.807) is 25.7 Å². The molecule has 1 fully saturated rings. The fourth-order valence-corrected chi connectivity index (χ4v) is 1.60. The van der Waals surface area contributed by atoms with Crippen molar-refractivity contribution in [3.8, 4) is 0 Å². The van der Waals surface area contributed by atoms with Gasteiger partial charge in [0.15, 0.2) is 0 Å². The average molecular weight is 242 g/mol. The van der Waals surface area contributed by atoms with Gasteiger partial charge >= 0.3 is 0 Å². The summed E-state index contributed by atoms with van der Waals surface area (Å²) in [6.07, 6.45) is 0. The van der Waals surface area contributed by atoms with Crippen molar-refractivity contribution in [2.45, 2.75) is 32.4 Å². The lowest BCUT2D eigenvalue weighted by molar-refractivity contribution is -0.137. The summed E-state index contributed by atoms with van der Waals surface area (Å²) in [5, 5.41) is 5.81. The number of hydrogen-bond donors (Lipinski definition) is 3. The molecular weight excluding hydrogens is 220 g/mol. The first kappa shape index (κ1) is 13.9. The highest BCUT2D eigenvalue weighted by Gasteiger charge is 2.28. The van der Waals surface area contributed by atoms with E-state index in [0.29, 0.717) is 13.1 Å². The fourth-order valence-electron chi connectivity index (χ4n) is 1.60. The molecular formula is C11H22N4O2. The van der Waals surface area contributed by atoms with Gasteiger partial charge in [-0.25, -0.2) is 0 Å². The maximum absolute atomic E-state index is 12.0. The molecule has 0 spiro atoms. The normalized spacial score (nSPS) is 18.7. The van der Waals surface area contributed by atoms with Gasteiger partial charge in [-0.3, -0.25) is 9.59 Å². The van der Waals surface area contributed by atoms with Gasteiger partial charge in [0.05, 0.1) is 5.54 Å². The second-order valence-electron chi connectivity index (χ2n) is 4.99. The number of carbonyl (C=O) groups is 2. The van der Waals surface area contributed by atoms with Crippen LogP contribution in [-0.4, -0.2) is 54.5 Å². The Kier molecular flexibility index (Phi) is 4.47. The summed E-state index contributed by atoms with van der Waals surface area (Å²) < 4.78 is 0. The van der Waals surface area contributed by atoms with Crippen LogP contribution in [0.3, 0.4) is 0 Å². The summed E-state index contributed by atoms with van der Waals surface area (Å²) >= 11 is 0. The molecule has 6 nitrogen and oxygen atoms in total. The van der Waals surface area contributed by atoms with E-state index in [-0.39, 0.29) is 11.8 Å². The molecule has 1 saturated heterocycles. The van der Waals surface area contributed by atoms with Crippen molar-refractivity contribution in [1.82, 2.24) is 15.5 Å². The van der Waals surface area contributed by atoms with E-state index in [4.69, 9.17) is 5.73 Å². The average Bonchev–Trinajstić information content (AvgIpc) is 2.27. The molecule has 0 aromatic carbocycles. The van der Waals surface area contributed by atoms with Crippen LogP contribution in [0.4, 0.5) is 0 Å². The van der Waals surface area contributed by atoms with Crippen LogP contribution in [0, 0.1) is 0 Å². The first-order valence-corrected chi connectivity index (χ1v) is 5.91. The number of amides is 2. The standard InChI is InChI=1S/C11H22N4O2/c1-8(14-10(17)11(2,3)12)9(16)15-6-4-13-5-7-15/h8,13H,4-7,12H2,1-3H3,(H,14,17). The van der Waals surface area contributed by atoms with E-state index in [9.17, 15) is 9.59 Å². The van der Waals surface area contributed by atoms with Gasteiger partial charge in [0.1, 0.15) is 6.04 Å². The van der Waals surface area contributed by atoms with Crippen LogP contribution >= 0.6 is 0 Å². The molecule has 2 amide bonds. The van der Waals surface area contributed by atoms with Crippen LogP contribution in [0.1, 0.15) is 20.8 Å². The molecule has 0 aliphatic carbocycles. The maximum atomic E-state index is 12.0. The first-order chi connectivity index (χ1) is 7.82. The first-order valence-electron chi connectivity index (χ1n) is 5.91. The molecule has 0 aromatic heterocycles. The Bertz CT molecular complexity index is 292. The van der Waals surface area contributed by atoms with Crippen LogP contribution in [0.5, 0.6) is 0 Å². The zero-order valence-electron chi connectivity index (χ0n) is 10.7. The largest absolute Gasteiger partial charge is 0.343 e. The molecule has 98 valence electrons. The third-order valence-corrected chi connectivity index (χ3v) is 2.73. The summed E-state index contributed by atoms with van der Waals surface area (Å²) in [6.45, 7) is 7.89. The van der Waals surface area contributed by atoms with Gasteiger partial charge in [0.2, 0.25) is 11.8 Å². The van der Waals surface area contributed by atoms with Gasteiger partial charge in [-0.15, -0.1) is 0 Å². The Morgan fingerprint density at radius 3 is 2.35 bits per heavy atom. The van der Waals surface area contributed by atoms with Crippen molar-refractivity contribution in [1.29, 1.82) is 0 Å². The predicted octanol–water partition coefficient (Wildman–Crippen LogP) is -1.34. The summed E-state index contributed by atoms with van der Waals surface area (Å²) in [5.74, 6) is -0.363. The summed E-state index contributed by atoms with van der Waals surface area (Å²) in [6, 6.07) is -0.525. The highest BCUT2D eigenvalue weighted by atomic mass is 16.2. The monoisotopic (exact) mass is 242 g/mol. The van der Waals surface area contributed by atoms with Gasteiger partial charge in [-0.1, -0.05) is 0 Å². The molecule has 6 heteroatoms. The molecule has 1 atom stereocenters. The summed E-state index contributed by atoms with van der Waals surface area (Å²) in [4.78, 5) is 25.4. The van der Waals surface area contributed by atoms with E-state index in [0.717, 1.165) is 13.1 Å². The van der Waals surface area contributed by atoms with E-state index >= 15 is 0 Å². The van der Waals surface area contributed by atoms with E-state index < -0.39 is 11.6 Å². The highest BCUT2D eigenvalue weighted by Crippen LogP contribution is 2.01. The Hall–Kier alpha value is -1.14. The summed E-state index contributed by atoms with van der Waals surface area (Å²) in [7, 11) is 0. The number of piperazine rings is 1. The molecule has 0 radical (unpaired) electrons. The zero-order valence-corrected chi connectivity index (χ0v) is 10.7. The van der Waals surface area contributed by atoms with E-state index in [1.807, 2.05) is 0 Å². The highest BCUT2D eigenvalue weighted by molar-refractivity contribution is 5.91. The van der Waals surface area contributed by atoms with Crippen molar-refractivity contribution in [3.05, 3.63) is 0 Å². The zero-order chi connectivity index (χ0) is 13.1. The lowest BCUT2D eigenvalue weighted by Crippen LogP contribution is -2.57. The Balaban J connectivity index is 2.49. The molecule has 0 aromatic rings. The Morgan fingerprint density at radius 2 is 1.88 bits per heavy atom. The van der Waals surface area contributed by atoms with Crippen molar-refractivity contribution in [3.63, 3.8) is 0 Å². The van der Waals surface area contributed by atoms with Crippen LogP contribution < -0.4 is 16.4 Å². The molecule has 1 aliphatic rings. The van der Waals surface area contributed by atoms with Gasteiger partial charge in [0.25, 0.3) is 0 Å². The number of nitrogens with two attached hydrogens (primary N) is 1. The molecule has 1 rings (SSSR count). The number of nitrogens with zero attached hydrogens (tertiary/aromatic N) is 1. The molecule has 0 saturated carbocycles. The van der Waals surface area contributed by atoms with Crippen molar-refractivity contribution < 1.29 is 9.59 Å². The Labute approximate surface area is 102 Å². The van der Waals surface area contributed by atoms with Crippen LogP contribution in [0.25, 0.3) is 0 Å². The minimum absolute atomic E-state index is 0.0518. The second-order valence-corrected chi connectivity index (χ2v) is 4.99. The lowest BCUT2D eigenvalue weighted by Gasteiger charge is -2.30. The van der Waals surface area contributed by atoms with Gasteiger partial charge in [-0.2, -0.15) is 0 Å². The van der Waals surface area contributed by atoms with Crippen LogP contribution in [-0.2, 0) is 9.59 Å².